The molecule has 0 bridgehead atoms. The Balaban J connectivity index is 1.32. The van der Waals surface area contributed by atoms with Crippen LogP contribution in [0.25, 0.3) is 0 Å². The lowest BCUT2D eigenvalue weighted by Gasteiger charge is -2.54. The molecule has 1 aromatic heterocycles. The fourth-order valence-electron chi connectivity index (χ4n) is 4.30. The molecule has 4 rings (SSSR count). The Morgan fingerprint density at radius 2 is 1.96 bits per heavy atom. The van der Waals surface area contributed by atoms with Crippen LogP contribution in [0.1, 0.15) is 49.9 Å². The largest absolute Gasteiger partial charge is 0.445 e. The standard InChI is InChI=1S/C22H29N3O2/c1-17(2)25-11-8-19(14-25)20-22(16-23-20)9-12-24(13-10-22)21(26)27-15-18-6-4-3-5-7-18/h3-8,11,14,17,20,23H,9-10,12-13,15-16H2,1-2H3/t20-/m0/s1. The lowest BCUT2D eigenvalue weighted by molar-refractivity contribution is 0.0000628. The van der Waals surface area contributed by atoms with E-state index in [1.807, 2.05) is 35.2 Å². The molecule has 2 fully saturated rings. The predicted molar refractivity (Wildman–Crippen MR) is 105 cm³/mol. The monoisotopic (exact) mass is 367 g/mol. The Hall–Kier alpha value is -2.27. The number of benzene rings is 1. The zero-order chi connectivity index (χ0) is 18.9. The molecule has 2 aromatic rings. The molecule has 1 amide bonds. The fraction of sp³-hybridized carbons (Fsp3) is 0.500. The molecule has 2 aliphatic heterocycles. The number of piperidine rings is 1. The predicted octanol–water partition coefficient (Wildman–Crippen LogP) is 4.13. The molecule has 1 atom stereocenters. The van der Waals surface area contributed by atoms with E-state index in [1.54, 1.807) is 0 Å². The summed E-state index contributed by atoms with van der Waals surface area (Å²) in [5, 5.41) is 3.62. The topological polar surface area (TPSA) is 46.5 Å². The quantitative estimate of drug-likeness (QED) is 0.884. The summed E-state index contributed by atoms with van der Waals surface area (Å²) in [5.41, 5.74) is 2.67. The average molecular weight is 367 g/mol. The molecule has 0 saturated carbocycles. The maximum Gasteiger partial charge on any atom is 0.410 e. The summed E-state index contributed by atoms with van der Waals surface area (Å²) in [7, 11) is 0. The first-order chi connectivity index (χ1) is 13.1. The van der Waals surface area contributed by atoms with Gasteiger partial charge in [-0.1, -0.05) is 30.3 Å². The van der Waals surface area contributed by atoms with E-state index in [2.05, 4.69) is 42.2 Å². The summed E-state index contributed by atoms with van der Waals surface area (Å²) < 4.78 is 7.76. The first-order valence-electron chi connectivity index (χ1n) is 9.94. The van der Waals surface area contributed by atoms with Crippen molar-refractivity contribution >= 4 is 6.09 Å². The van der Waals surface area contributed by atoms with Gasteiger partial charge >= 0.3 is 6.09 Å². The third kappa shape index (κ3) is 3.61. The Labute approximate surface area is 161 Å². The van der Waals surface area contributed by atoms with Gasteiger partial charge in [-0.2, -0.15) is 0 Å². The molecule has 1 N–H and O–H groups in total. The number of hydrogen-bond acceptors (Lipinski definition) is 3. The molecule has 1 aromatic carbocycles. The van der Waals surface area contributed by atoms with Crippen molar-refractivity contribution in [3.05, 3.63) is 59.9 Å². The van der Waals surface area contributed by atoms with Gasteiger partial charge in [-0.25, -0.2) is 4.79 Å². The zero-order valence-corrected chi connectivity index (χ0v) is 16.2. The summed E-state index contributed by atoms with van der Waals surface area (Å²) in [5.74, 6) is 0. The number of ether oxygens (including phenoxy) is 1. The SMILES string of the molecule is CC(C)n1ccc([C@@H]2NCC23CCN(C(=O)OCc2ccccc2)CC3)c1. The number of hydrogen-bond donors (Lipinski definition) is 1. The highest BCUT2D eigenvalue weighted by Gasteiger charge is 2.49. The number of nitrogens with one attached hydrogen (secondary N) is 1. The molecule has 144 valence electrons. The first kappa shape index (κ1) is 18.1. The average Bonchev–Trinajstić information content (AvgIpc) is 3.16. The smallest absolute Gasteiger partial charge is 0.410 e. The second-order valence-electron chi connectivity index (χ2n) is 8.19. The van der Waals surface area contributed by atoms with Crippen LogP contribution in [-0.4, -0.2) is 35.2 Å². The van der Waals surface area contributed by atoms with Gasteiger partial charge in [0, 0.05) is 49.5 Å². The highest BCUT2D eigenvalue weighted by Crippen LogP contribution is 2.48. The summed E-state index contributed by atoms with van der Waals surface area (Å²) in [6, 6.07) is 13.0. The number of nitrogens with zero attached hydrogens (tertiary/aromatic N) is 2. The third-order valence-electron chi connectivity index (χ3n) is 6.16. The van der Waals surface area contributed by atoms with E-state index in [0.717, 1.165) is 38.0 Å². The van der Waals surface area contributed by atoms with Crippen LogP contribution in [0.4, 0.5) is 4.79 Å². The van der Waals surface area contributed by atoms with Gasteiger partial charge in [-0.3, -0.25) is 0 Å². The maximum absolute atomic E-state index is 12.4. The number of aromatic nitrogens is 1. The fourth-order valence-corrected chi connectivity index (χ4v) is 4.30. The van der Waals surface area contributed by atoms with E-state index in [9.17, 15) is 4.79 Å². The molecule has 1 spiro atoms. The summed E-state index contributed by atoms with van der Waals surface area (Å²) in [6.45, 7) is 7.33. The van der Waals surface area contributed by atoms with Crippen molar-refractivity contribution in [3.8, 4) is 0 Å². The minimum Gasteiger partial charge on any atom is -0.445 e. The van der Waals surface area contributed by atoms with E-state index >= 15 is 0 Å². The number of amides is 1. The number of rotatable bonds is 4. The molecule has 0 unspecified atom stereocenters. The number of likely N-dealkylation sites (tertiary alicyclic amines) is 1. The number of carbonyl (C=O) groups excluding carboxylic acids is 1. The molecular formula is C22H29N3O2. The Kier molecular flexibility index (Phi) is 4.96. The molecule has 0 radical (unpaired) electrons. The zero-order valence-electron chi connectivity index (χ0n) is 16.2. The van der Waals surface area contributed by atoms with Crippen LogP contribution in [0.5, 0.6) is 0 Å². The van der Waals surface area contributed by atoms with E-state index in [1.165, 1.54) is 5.56 Å². The van der Waals surface area contributed by atoms with Gasteiger partial charge < -0.3 is 19.5 Å². The Morgan fingerprint density at radius 3 is 2.56 bits per heavy atom. The van der Waals surface area contributed by atoms with Crippen molar-refractivity contribution in [2.75, 3.05) is 19.6 Å². The molecule has 5 heteroatoms. The van der Waals surface area contributed by atoms with E-state index in [4.69, 9.17) is 4.74 Å². The lowest BCUT2D eigenvalue weighted by atomic mass is 9.65. The van der Waals surface area contributed by atoms with Crippen LogP contribution < -0.4 is 5.32 Å². The highest BCUT2D eigenvalue weighted by molar-refractivity contribution is 5.67. The van der Waals surface area contributed by atoms with Crippen LogP contribution in [0, 0.1) is 5.41 Å². The third-order valence-corrected chi connectivity index (χ3v) is 6.16. The molecule has 5 nitrogen and oxygen atoms in total. The molecular weight excluding hydrogens is 338 g/mol. The van der Waals surface area contributed by atoms with E-state index < -0.39 is 0 Å². The van der Waals surface area contributed by atoms with Gasteiger partial charge in [-0.05, 0) is 43.9 Å². The van der Waals surface area contributed by atoms with Crippen LogP contribution >= 0.6 is 0 Å². The van der Waals surface area contributed by atoms with Crippen molar-refractivity contribution in [3.63, 3.8) is 0 Å². The van der Waals surface area contributed by atoms with Crippen LogP contribution in [-0.2, 0) is 11.3 Å². The lowest BCUT2D eigenvalue weighted by Crippen LogP contribution is -2.60. The molecule has 3 heterocycles. The van der Waals surface area contributed by atoms with Gasteiger partial charge in [-0.15, -0.1) is 0 Å². The van der Waals surface area contributed by atoms with Crippen molar-refractivity contribution in [2.24, 2.45) is 5.41 Å². The van der Waals surface area contributed by atoms with Gasteiger partial charge in [0.15, 0.2) is 0 Å². The minimum atomic E-state index is -0.191. The number of carbonyl (C=O) groups is 1. The molecule has 2 saturated heterocycles. The summed E-state index contributed by atoms with van der Waals surface area (Å²) >= 11 is 0. The Bertz CT molecular complexity index is 776. The normalized spacial score (nSPS) is 21.3. The van der Waals surface area contributed by atoms with Crippen LogP contribution in [0.15, 0.2) is 48.8 Å². The molecule has 0 aliphatic carbocycles. The van der Waals surface area contributed by atoms with Gasteiger partial charge in [0.05, 0.1) is 0 Å². The highest BCUT2D eigenvalue weighted by atomic mass is 16.6. The molecule has 2 aliphatic rings. The van der Waals surface area contributed by atoms with Crippen LogP contribution in [0.3, 0.4) is 0 Å². The van der Waals surface area contributed by atoms with Crippen molar-refractivity contribution in [1.82, 2.24) is 14.8 Å². The second-order valence-corrected chi connectivity index (χ2v) is 8.19. The molecule has 27 heavy (non-hydrogen) atoms. The van der Waals surface area contributed by atoms with Crippen molar-refractivity contribution in [1.29, 1.82) is 0 Å². The maximum atomic E-state index is 12.4. The van der Waals surface area contributed by atoms with Crippen molar-refractivity contribution < 1.29 is 9.53 Å². The van der Waals surface area contributed by atoms with E-state index in [-0.39, 0.29) is 11.5 Å². The summed E-state index contributed by atoms with van der Waals surface area (Å²) in [4.78, 5) is 14.3. The second kappa shape index (κ2) is 7.39. The summed E-state index contributed by atoms with van der Waals surface area (Å²) in [6.07, 6.45) is 6.30. The Morgan fingerprint density at radius 1 is 1.22 bits per heavy atom. The van der Waals surface area contributed by atoms with Crippen LogP contribution in [0.2, 0.25) is 0 Å². The van der Waals surface area contributed by atoms with Gasteiger partial charge in [0.2, 0.25) is 0 Å². The first-order valence-corrected chi connectivity index (χ1v) is 9.94. The minimum absolute atomic E-state index is 0.191. The van der Waals surface area contributed by atoms with Crippen molar-refractivity contribution in [2.45, 2.75) is 45.4 Å². The van der Waals surface area contributed by atoms with Gasteiger partial charge in [0.1, 0.15) is 6.61 Å². The van der Waals surface area contributed by atoms with E-state index in [0.29, 0.717) is 18.7 Å². The van der Waals surface area contributed by atoms with Gasteiger partial charge in [0.25, 0.3) is 0 Å².